The highest BCUT2D eigenvalue weighted by Gasteiger charge is 2.24. The Kier molecular flexibility index (Phi) is 4.49. The molecule has 0 spiro atoms. The van der Waals surface area contributed by atoms with Crippen molar-refractivity contribution in [3.8, 4) is 28.3 Å². The summed E-state index contributed by atoms with van der Waals surface area (Å²) in [5.41, 5.74) is 5.90. The van der Waals surface area contributed by atoms with Crippen molar-refractivity contribution in [2.75, 3.05) is 0 Å². The minimum absolute atomic E-state index is 0.0349. The van der Waals surface area contributed by atoms with Gasteiger partial charge in [0.2, 0.25) is 0 Å². The lowest BCUT2D eigenvalue weighted by atomic mass is 9.97. The van der Waals surface area contributed by atoms with Crippen LogP contribution in [-0.4, -0.2) is 0 Å². The summed E-state index contributed by atoms with van der Waals surface area (Å²) < 4.78 is 29.2. The van der Waals surface area contributed by atoms with Crippen LogP contribution in [-0.2, 0) is 12.8 Å². The Morgan fingerprint density at radius 3 is 2.48 bits per heavy atom. The third-order valence-corrected chi connectivity index (χ3v) is 5.29. The van der Waals surface area contributed by atoms with Crippen LogP contribution in [0.15, 0.2) is 48.5 Å². The number of rotatable bonds is 4. The summed E-state index contributed by atoms with van der Waals surface area (Å²) >= 11 is 0. The predicted molar refractivity (Wildman–Crippen MR) is 103 cm³/mol. The van der Waals surface area contributed by atoms with Gasteiger partial charge in [0.25, 0.3) is 0 Å². The van der Waals surface area contributed by atoms with Crippen LogP contribution in [0.5, 0.6) is 0 Å². The van der Waals surface area contributed by atoms with Crippen molar-refractivity contribution in [2.45, 2.75) is 32.6 Å². The summed E-state index contributed by atoms with van der Waals surface area (Å²) in [6.07, 6.45) is 3.90. The normalized spacial score (nSPS) is 11.8. The Balaban J connectivity index is 1.73. The zero-order valence-corrected chi connectivity index (χ0v) is 15.2. The van der Waals surface area contributed by atoms with Gasteiger partial charge in [-0.05, 0) is 52.8 Å². The number of nitriles is 1. The van der Waals surface area contributed by atoms with Gasteiger partial charge in [-0.25, -0.2) is 8.78 Å². The van der Waals surface area contributed by atoms with Gasteiger partial charge < -0.3 is 0 Å². The van der Waals surface area contributed by atoms with Crippen molar-refractivity contribution in [3.05, 3.63) is 82.4 Å². The highest BCUT2D eigenvalue weighted by atomic mass is 19.1. The molecule has 27 heavy (non-hydrogen) atoms. The quantitative estimate of drug-likeness (QED) is 0.412. The number of hydrogen-bond acceptors (Lipinski definition) is 1. The fourth-order valence-corrected chi connectivity index (χ4v) is 3.83. The van der Waals surface area contributed by atoms with Crippen molar-refractivity contribution in [3.63, 3.8) is 0 Å². The first-order valence-electron chi connectivity index (χ1n) is 9.26. The summed E-state index contributed by atoms with van der Waals surface area (Å²) in [4.78, 5) is 0. The monoisotopic (exact) mass is 359 g/mol. The Hall–Kier alpha value is -2.99. The van der Waals surface area contributed by atoms with E-state index < -0.39 is 5.82 Å². The van der Waals surface area contributed by atoms with Crippen molar-refractivity contribution in [1.29, 1.82) is 5.26 Å². The average molecular weight is 359 g/mol. The third kappa shape index (κ3) is 3.02. The Morgan fingerprint density at radius 1 is 0.963 bits per heavy atom. The Labute approximate surface area is 157 Å². The SMILES string of the molecule is CCCCc1ccc2c(c1)Cc1c-2ccc(-c2ccc(C#N)c(F)c2)c1F. The molecule has 0 saturated carbocycles. The molecular formula is C24H19F2N. The first-order chi connectivity index (χ1) is 13.1. The number of halogens is 2. The van der Waals surface area contributed by atoms with Crippen LogP contribution in [0, 0.1) is 23.0 Å². The van der Waals surface area contributed by atoms with Gasteiger partial charge >= 0.3 is 0 Å². The molecule has 3 aromatic rings. The zero-order chi connectivity index (χ0) is 19.0. The second kappa shape index (κ2) is 6.96. The highest BCUT2D eigenvalue weighted by molar-refractivity contribution is 5.81. The van der Waals surface area contributed by atoms with Gasteiger partial charge in [0.1, 0.15) is 17.7 Å². The minimum atomic E-state index is -0.626. The topological polar surface area (TPSA) is 23.8 Å². The molecular weight excluding hydrogens is 340 g/mol. The van der Waals surface area contributed by atoms with Gasteiger partial charge in [-0.1, -0.05) is 49.7 Å². The van der Waals surface area contributed by atoms with Crippen molar-refractivity contribution >= 4 is 0 Å². The molecule has 1 aliphatic rings. The van der Waals surface area contributed by atoms with E-state index in [0.29, 0.717) is 23.1 Å². The zero-order valence-electron chi connectivity index (χ0n) is 15.2. The molecule has 1 nitrogen and oxygen atoms in total. The highest BCUT2D eigenvalue weighted by Crippen LogP contribution is 2.41. The maximum atomic E-state index is 15.3. The maximum Gasteiger partial charge on any atom is 0.141 e. The maximum absolute atomic E-state index is 15.3. The summed E-state index contributed by atoms with van der Waals surface area (Å²) in [7, 11) is 0. The Morgan fingerprint density at radius 2 is 1.74 bits per heavy atom. The largest absolute Gasteiger partial charge is 0.206 e. The third-order valence-electron chi connectivity index (χ3n) is 5.29. The molecule has 0 unspecified atom stereocenters. The molecule has 0 atom stereocenters. The molecule has 0 heterocycles. The Bertz CT molecular complexity index is 1080. The average Bonchev–Trinajstić information content (AvgIpc) is 3.05. The van der Waals surface area contributed by atoms with E-state index in [2.05, 4.69) is 25.1 Å². The lowest BCUT2D eigenvalue weighted by Gasteiger charge is -2.09. The van der Waals surface area contributed by atoms with Crippen LogP contribution in [0.4, 0.5) is 8.78 Å². The molecule has 0 N–H and O–H groups in total. The number of benzene rings is 3. The summed E-state index contributed by atoms with van der Waals surface area (Å²) in [6.45, 7) is 2.17. The van der Waals surface area contributed by atoms with Gasteiger partial charge in [0.15, 0.2) is 0 Å². The molecule has 4 rings (SSSR count). The molecule has 1 aliphatic carbocycles. The van der Waals surface area contributed by atoms with Crippen LogP contribution in [0.25, 0.3) is 22.3 Å². The molecule has 0 radical (unpaired) electrons. The molecule has 0 fully saturated rings. The van der Waals surface area contributed by atoms with Crippen molar-refractivity contribution in [1.82, 2.24) is 0 Å². The van der Waals surface area contributed by atoms with E-state index in [9.17, 15) is 4.39 Å². The molecule has 3 aromatic carbocycles. The van der Waals surface area contributed by atoms with Crippen LogP contribution in [0.1, 0.15) is 42.0 Å². The van der Waals surface area contributed by atoms with E-state index in [-0.39, 0.29) is 11.4 Å². The molecule has 0 aromatic heterocycles. The predicted octanol–water partition coefficient (Wildman–Crippen LogP) is 6.42. The first kappa shape index (κ1) is 17.4. The molecule has 0 bridgehead atoms. The van der Waals surface area contributed by atoms with Crippen LogP contribution < -0.4 is 0 Å². The molecule has 3 heteroatoms. The summed E-state index contributed by atoms with van der Waals surface area (Å²) in [5, 5.41) is 8.87. The summed E-state index contributed by atoms with van der Waals surface area (Å²) in [6, 6.07) is 16.0. The van der Waals surface area contributed by atoms with E-state index in [1.807, 2.05) is 6.07 Å². The fourth-order valence-electron chi connectivity index (χ4n) is 3.83. The lowest BCUT2D eigenvalue weighted by Crippen LogP contribution is -1.94. The summed E-state index contributed by atoms with van der Waals surface area (Å²) in [5.74, 6) is -0.929. The standard InChI is InChI=1S/C24H19F2N/c1-2-3-4-15-5-8-19-18(11-15)12-22-21(19)10-9-20(24(22)26)16-6-7-17(14-27)23(25)13-16/h5-11,13H,2-4,12H2,1H3. The number of aryl methyl sites for hydroxylation is 1. The van der Waals surface area contributed by atoms with Gasteiger partial charge in [-0.2, -0.15) is 5.26 Å². The van der Waals surface area contributed by atoms with E-state index in [0.717, 1.165) is 36.0 Å². The molecule has 134 valence electrons. The van der Waals surface area contributed by atoms with Crippen LogP contribution in [0.2, 0.25) is 0 Å². The fraction of sp³-hybridized carbons (Fsp3) is 0.208. The van der Waals surface area contributed by atoms with Gasteiger partial charge in [-0.15, -0.1) is 0 Å². The minimum Gasteiger partial charge on any atom is -0.206 e. The van der Waals surface area contributed by atoms with E-state index in [1.165, 1.54) is 17.7 Å². The first-order valence-corrected chi connectivity index (χ1v) is 9.26. The smallest absolute Gasteiger partial charge is 0.141 e. The van der Waals surface area contributed by atoms with Gasteiger partial charge in [-0.3, -0.25) is 0 Å². The second-order valence-electron chi connectivity index (χ2n) is 7.03. The lowest BCUT2D eigenvalue weighted by molar-refractivity contribution is 0.616. The number of unbranched alkanes of at least 4 members (excludes halogenated alkanes) is 1. The number of fused-ring (bicyclic) bond motifs is 3. The van der Waals surface area contributed by atoms with Gasteiger partial charge in [0.05, 0.1) is 5.56 Å². The van der Waals surface area contributed by atoms with Crippen LogP contribution >= 0.6 is 0 Å². The van der Waals surface area contributed by atoms with Crippen LogP contribution in [0.3, 0.4) is 0 Å². The number of hydrogen-bond donors (Lipinski definition) is 0. The molecule has 0 saturated heterocycles. The van der Waals surface area contributed by atoms with E-state index in [4.69, 9.17) is 5.26 Å². The van der Waals surface area contributed by atoms with E-state index in [1.54, 1.807) is 18.2 Å². The molecule has 0 aliphatic heterocycles. The number of nitrogens with zero attached hydrogens (tertiary/aromatic N) is 1. The van der Waals surface area contributed by atoms with Crippen molar-refractivity contribution in [2.24, 2.45) is 0 Å². The molecule has 0 amide bonds. The second-order valence-corrected chi connectivity index (χ2v) is 7.03. The van der Waals surface area contributed by atoms with Crippen molar-refractivity contribution < 1.29 is 8.78 Å². The van der Waals surface area contributed by atoms with E-state index >= 15 is 4.39 Å². The van der Waals surface area contributed by atoms with Gasteiger partial charge in [0, 0.05) is 17.5 Å².